The molecule has 7 heteroatoms. The Bertz CT molecular complexity index is 686. The van der Waals surface area contributed by atoms with Crippen LogP contribution in [0.2, 0.25) is 0 Å². The van der Waals surface area contributed by atoms with Crippen molar-refractivity contribution in [2.24, 2.45) is 0 Å². The minimum absolute atomic E-state index is 0.198. The number of carbonyl (C=O) groups excluding carboxylic acids is 1. The van der Waals surface area contributed by atoms with Gasteiger partial charge < -0.3 is 15.4 Å². The average molecular weight is 313 g/mol. The Labute approximate surface area is 134 Å². The van der Waals surface area contributed by atoms with E-state index in [0.29, 0.717) is 17.8 Å². The van der Waals surface area contributed by atoms with Crippen LogP contribution in [-0.4, -0.2) is 40.1 Å². The zero-order valence-electron chi connectivity index (χ0n) is 13.0. The molecule has 0 aromatic carbocycles. The Morgan fingerprint density at radius 3 is 3.17 bits per heavy atom. The number of hydrogen-bond donors (Lipinski definition) is 2. The molecule has 120 valence electrons. The lowest BCUT2D eigenvalue weighted by Crippen LogP contribution is -2.24. The molecule has 2 aromatic heterocycles. The van der Waals surface area contributed by atoms with Crippen molar-refractivity contribution in [3.05, 3.63) is 47.8 Å². The first-order valence-corrected chi connectivity index (χ1v) is 7.59. The topological polar surface area (TPSA) is 89.0 Å². The molecule has 7 nitrogen and oxygen atoms in total. The summed E-state index contributed by atoms with van der Waals surface area (Å²) in [5.74, 6) is 0.563. The van der Waals surface area contributed by atoms with Crippen LogP contribution in [0.5, 0.6) is 5.75 Å². The Hall–Kier alpha value is -2.54. The first kappa shape index (κ1) is 15.4. The molecule has 1 fully saturated rings. The number of rotatable bonds is 5. The number of nitrogens with zero attached hydrogens (tertiary/aromatic N) is 3. The highest BCUT2D eigenvalue weighted by Crippen LogP contribution is 2.15. The Morgan fingerprint density at radius 2 is 2.39 bits per heavy atom. The predicted molar refractivity (Wildman–Crippen MR) is 84.1 cm³/mol. The molecule has 2 N–H and O–H groups in total. The van der Waals surface area contributed by atoms with Gasteiger partial charge in [-0.05, 0) is 26.0 Å². The van der Waals surface area contributed by atoms with Gasteiger partial charge in [0.2, 0.25) is 0 Å². The quantitative estimate of drug-likeness (QED) is 0.851. The number of aromatic nitrogens is 3. The summed E-state index contributed by atoms with van der Waals surface area (Å²) < 4.78 is 5.89. The van der Waals surface area contributed by atoms with Crippen LogP contribution in [0, 0.1) is 6.92 Å². The molecule has 0 radical (unpaired) electrons. The van der Waals surface area contributed by atoms with E-state index in [2.05, 4.69) is 25.6 Å². The van der Waals surface area contributed by atoms with E-state index in [1.165, 1.54) is 12.5 Å². The summed E-state index contributed by atoms with van der Waals surface area (Å²) in [6, 6.07) is 3.69. The lowest BCUT2D eigenvalue weighted by atomic mass is 10.2. The number of hydrogen-bond acceptors (Lipinski definition) is 6. The monoisotopic (exact) mass is 313 g/mol. The molecule has 1 atom stereocenters. The summed E-state index contributed by atoms with van der Waals surface area (Å²) in [6.07, 6.45) is 5.82. The smallest absolute Gasteiger partial charge is 0.255 e. The van der Waals surface area contributed by atoms with Gasteiger partial charge in [-0.15, -0.1) is 0 Å². The van der Waals surface area contributed by atoms with Gasteiger partial charge >= 0.3 is 0 Å². The number of nitrogens with one attached hydrogen (secondary N) is 2. The van der Waals surface area contributed by atoms with Crippen molar-refractivity contribution >= 4 is 5.91 Å². The summed E-state index contributed by atoms with van der Waals surface area (Å²) in [5.41, 5.74) is 1.87. The van der Waals surface area contributed by atoms with Gasteiger partial charge in [-0.3, -0.25) is 9.78 Å². The molecular weight excluding hydrogens is 294 g/mol. The minimum Gasteiger partial charge on any atom is -0.489 e. The van der Waals surface area contributed by atoms with Crippen molar-refractivity contribution in [3.63, 3.8) is 0 Å². The Kier molecular flexibility index (Phi) is 4.77. The molecule has 0 bridgehead atoms. The van der Waals surface area contributed by atoms with E-state index in [4.69, 9.17) is 4.74 Å². The van der Waals surface area contributed by atoms with Crippen LogP contribution in [0.3, 0.4) is 0 Å². The Balaban J connectivity index is 1.59. The minimum atomic E-state index is -0.212. The fourth-order valence-corrected chi connectivity index (χ4v) is 2.43. The number of carbonyl (C=O) groups is 1. The van der Waals surface area contributed by atoms with E-state index in [-0.39, 0.29) is 12.0 Å². The van der Waals surface area contributed by atoms with Gasteiger partial charge in [-0.1, -0.05) is 0 Å². The average Bonchev–Trinajstić information content (AvgIpc) is 3.06. The van der Waals surface area contributed by atoms with Crippen molar-refractivity contribution in [1.82, 2.24) is 25.6 Å². The molecule has 1 aliphatic heterocycles. The van der Waals surface area contributed by atoms with Crippen molar-refractivity contribution in [2.45, 2.75) is 26.0 Å². The van der Waals surface area contributed by atoms with Crippen LogP contribution in [0.1, 0.15) is 28.2 Å². The molecule has 2 aromatic rings. The Morgan fingerprint density at radius 1 is 1.48 bits per heavy atom. The summed E-state index contributed by atoms with van der Waals surface area (Å²) in [5, 5.41) is 6.09. The van der Waals surface area contributed by atoms with Gasteiger partial charge in [0, 0.05) is 25.0 Å². The van der Waals surface area contributed by atoms with Crippen LogP contribution in [0.15, 0.2) is 30.9 Å². The highest BCUT2D eigenvalue weighted by atomic mass is 16.5. The summed E-state index contributed by atoms with van der Waals surface area (Å²) in [7, 11) is 0. The molecule has 3 rings (SSSR count). The molecule has 1 unspecified atom stereocenters. The predicted octanol–water partition coefficient (Wildman–Crippen LogP) is 0.851. The molecular formula is C16H19N5O2. The maximum atomic E-state index is 12.1. The second-order valence-corrected chi connectivity index (χ2v) is 5.42. The zero-order valence-corrected chi connectivity index (χ0v) is 13.0. The zero-order chi connectivity index (χ0) is 16.1. The van der Waals surface area contributed by atoms with Crippen LogP contribution >= 0.6 is 0 Å². The highest BCUT2D eigenvalue weighted by molar-refractivity contribution is 5.94. The standard InChI is InChI=1S/C16H19N5O2/c1-11-15(9-18-10-21-11)16(22)20-7-12-6-13(3-5-19-12)23-14-2-4-17-8-14/h3,5-6,9-10,14,17H,2,4,7-8H2,1H3,(H,20,22). The first-order valence-electron chi connectivity index (χ1n) is 7.59. The van der Waals surface area contributed by atoms with Gasteiger partial charge in [-0.25, -0.2) is 9.97 Å². The van der Waals surface area contributed by atoms with Crippen LogP contribution in [0.4, 0.5) is 0 Å². The van der Waals surface area contributed by atoms with Crippen molar-refractivity contribution in [1.29, 1.82) is 0 Å². The highest BCUT2D eigenvalue weighted by Gasteiger charge is 2.16. The van der Waals surface area contributed by atoms with Gasteiger partial charge in [-0.2, -0.15) is 0 Å². The van der Waals surface area contributed by atoms with E-state index in [1.54, 1.807) is 13.1 Å². The van der Waals surface area contributed by atoms with E-state index < -0.39 is 0 Å². The normalized spacial score (nSPS) is 17.0. The van der Waals surface area contributed by atoms with Gasteiger partial charge in [0.1, 0.15) is 18.2 Å². The van der Waals surface area contributed by atoms with E-state index in [1.807, 2.05) is 12.1 Å². The van der Waals surface area contributed by atoms with E-state index >= 15 is 0 Å². The third kappa shape index (κ3) is 4.01. The van der Waals surface area contributed by atoms with E-state index in [9.17, 15) is 4.79 Å². The fourth-order valence-electron chi connectivity index (χ4n) is 2.43. The van der Waals surface area contributed by atoms with Crippen LogP contribution < -0.4 is 15.4 Å². The second-order valence-electron chi connectivity index (χ2n) is 5.42. The largest absolute Gasteiger partial charge is 0.489 e. The third-order valence-electron chi connectivity index (χ3n) is 3.69. The summed E-state index contributed by atoms with van der Waals surface area (Å²) >= 11 is 0. The van der Waals surface area contributed by atoms with E-state index in [0.717, 1.165) is 31.0 Å². The fraction of sp³-hybridized carbons (Fsp3) is 0.375. The van der Waals surface area contributed by atoms with Gasteiger partial charge in [0.05, 0.1) is 23.5 Å². The summed E-state index contributed by atoms with van der Waals surface area (Å²) in [6.45, 7) is 3.95. The summed E-state index contributed by atoms with van der Waals surface area (Å²) in [4.78, 5) is 24.3. The second kappa shape index (κ2) is 7.15. The van der Waals surface area contributed by atoms with Crippen molar-refractivity contribution < 1.29 is 9.53 Å². The molecule has 1 aliphatic rings. The molecule has 1 saturated heterocycles. The molecule has 0 aliphatic carbocycles. The number of amides is 1. The van der Waals surface area contributed by atoms with Crippen molar-refractivity contribution in [3.8, 4) is 5.75 Å². The van der Waals surface area contributed by atoms with Crippen LogP contribution in [0.25, 0.3) is 0 Å². The van der Waals surface area contributed by atoms with Gasteiger partial charge in [0.25, 0.3) is 5.91 Å². The maximum absolute atomic E-state index is 12.1. The van der Waals surface area contributed by atoms with Gasteiger partial charge in [0.15, 0.2) is 0 Å². The molecule has 3 heterocycles. The number of pyridine rings is 1. The maximum Gasteiger partial charge on any atom is 0.255 e. The molecule has 0 spiro atoms. The lowest BCUT2D eigenvalue weighted by Gasteiger charge is -2.13. The first-order chi connectivity index (χ1) is 11.2. The molecule has 23 heavy (non-hydrogen) atoms. The SMILES string of the molecule is Cc1ncncc1C(=O)NCc1cc(OC2CCNC2)ccn1. The third-order valence-corrected chi connectivity index (χ3v) is 3.69. The van der Waals surface area contributed by atoms with Crippen LogP contribution in [-0.2, 0) is 6.54 Å². The number of ether oxygens (including phenoxy) is 1. The molecule has 1 amide bonds. The molecule has 0 saturated carbocycles. The lowest BCUT2D eigenvalue weighted by molar-refractivity contribution is 0.0949. The number of aryl methyl sites for hydroxylation is 1. The van der Waals surface area contributed by atoms with Crippen molar-refractivity contribution in [2.75, 3.05) is 13.1 Å².